The average Bonchev–Trinajstić information content (AvgIpc) is 3.11. The van der Waals surface area contributed by atoms with E-state index in [1.165, 1.54) is 18.5 Å². The van der Waals surface area contributed by atoms with Crippen molar-refractivity contribution in [3.8, 4) is 5.75 Å². The van der Waals surface area contributed by atoms with Gasteiger partial charge in [-0.3, -0.25) is 0 Å². The topological polar surface area (TPSA) is 24.5 Å². The molecule has 1 aromatic carbocycles. The van der Waals surface area contributed by atoms with Gasteiger partial charge in [-0.2, -0.15) is 0 Å². The molecule has 0 bridgehead atoms. The first kappa shape index (κ1) is 12.2. The number of ether oxygens (including phenoxy) is 1. The van der Waals surface area contributed by atoms with Gasteiger partial charge in [0, 0.05) is 18.8 Å². The van der Waals surface area contributed by atoms with Crippen molar-refractivity contribution in [3.63, 3.8) is 0 Å². The summed E-state index contributed by atoms with van der Waals surface area (Å²) >= 11 is 0. The molecule has 3 heteroatoms. The Morgan fingerprint density at radius 2 is 1.94 bits per heavy atom. The van der Waals surface area contributed by atoms with Crippen molar-refractivity contribution in [1.29, 1.82) is 0 Å². The average molecular weight is 234 g/mol. The van der Waals surface area contributed by atoms with Crippen molar-refractivity contribution in [2.75, 3.05) is 39.1 Å². The number of nitrogens with one attached hydrogen (secondary N) is 1. The molecule has 0 heterocycles. The Balaban J connectivity index is 1.72. The summed E-state index contributed by atoms with van der Waals surface area (Å²) in [6, 6.07) is 8.25. The van der Waals surface area contributed by atoms with E-state index in [-0.39, 0.29) is 0 Å². The van der Waals surface area contributed by atoms with Crippen LogP contribution < -0.4 is 10.1 Å². The van der Waals surface area contributed by atoms with Crippen LogP contribution in [-0.4, -0.2) is 38.7 Å². The number of hydrogen-bond donors (Lipinski definition) is 1. The third-order valence-corrected chi connectivity index (χ3v) is 2.95. The molecule has 1 aliphatic carbocycles. The SMILES string of the molecule is CN(C)CCOc1ccc(NCC2CC2)cc1. The highest BCUT2D eigenvalue weighted by molar-refractivity contribution is 5.46. The van der Waals surface area contributed by atoms with Crippen LogP contribution in [-0.2, 0) is 0 Å². The van der Waals surface area contributed by atoms with Gasteiger partial charge in [-0.25, -0.2) is 0 Å². The quantitative estimate of drug-likeness (QED) is 0.784. The first-order chi connectivity index (χ1) is 8.24. The fourth-order valence-electron chi connectivity index (χ4n) is 1.60. The Hall–Kier alpha value is -1.22. The van der Waals surface area contributed by atoms with Crippen LogP contribution in [0.4, 0.5) is 5.69 Å². The number of rotatable bonds is 7. The molecular formula is C14H22N2O. The number of nitrogens with zero attached hydrogens (tertiary/aromatic N) is 1. The molecule has 0 unspecified atom stereocenters. The van der Waals surface area contributed by atoms with Crippen molar-refractivity contribution in [2.45, 2.75) is 12.8 Å². The number of anilines is 1. The minimum atomic E-state index is 0.738. The fourth-order valence-corrected chi connectivity index (χ4v) is 1.60. The monoisotopic (exact) mass is 234 g/mol. The number of hydrogen-bond acceptors (Lipinski definition) is 3. The Labute approximate surface area is 104 Å². The zero-order valence-electron chi connectivity index (χ0n) is 10.8. The van der Waals surface area contributed by atoms with E-state index < -0.39 is 0 Å². The molecule has 0 saturated heterocycles. The highest BCUT2D eigenvalue weighted by Crippen LogP contribution is 2.29. The van der Waals surface area contributed by atoms with Gasteiger partial charge in [0.1, 0.15) is 12.4 Å². The van der Waals surface area contributed by atoms with Crippen molar-refractivity contribution in [2.24, 2.45) is 5.92 Å². The Bertz CT molecular complexity index is 331. The molecule has 1 N–H and O–H groups in total. The van der Waals surface area contributed by atoms with E-state index in [9.17, 15) is 0 Å². The molecule has 94 valence electrons. The Morgan fingerprint density at radius 3 is 2.53 bits per heavy atom. The number of benzene rings is 1. The van der Waals surface area contributed by atoms with Crippen LogP contribution in [0.3, 0.4) is 0 Å². The second kappa shape index (κ2) is 5.92. The van der Waals surface area contributed by atoms with Crippen molar-refractivity contribution >= 4 is 5.69 Å². The van der Waals surface area contributed by atoms with E-state index in [2.05, 4.69) is 22.3 Å². The molecule has 0 amide bonds. The van der Waals surface area contributed by atoms with Gasteiger partial charge in [-0.05, 0) is 57.1 Å². The molecule has 1 aliphatic rings. The molecular weight excluding hydrogens is 212 g/mol. The van der Waals surface area contributed by atoms with Gasteiger partial charge in [0.05, 0.1) is 0 Å². The third-order valence-electron chi connectivity index (χ3n) is 2.95. The predicted molar refractivity (Wildman–Crippen MR) is 71.7 cm³/mol. The van der Waals surface area contributed by atoms with Crippen LogP contribution in [0.5, 0.6) is 5.75 Å². The smallest absolute Gasteiger partial charge is 0.119 e. The molecule has 0 atom stereocenters. The second-order valence-corrected chi connectivity index (χ2v) is 5.00. The summed E-state index contributed by atoms with van der Waals surface area (Å²) in [4.78, 5) is 2.12. The summed E-state index contributed by atoms with van der Waals surface area (Å²) in [5.74, 6) is 1.86. The van der Waals surface area contributed by atoms with Crippen LogP contribution in [0.1, 0.15) is 12.8 Å². The first-order valence-electron chi connectivity index (χ1n) is 6.35. The van der Waals surface area contributed by atoms with Gasteiger partial charge >= 0.3 is 0 Å². The molecule has 2 rings (SSSR count). The second-order valence-electron chi connectivity index (χ2n) is 5.00. The third kappa shape index (κ3) is 4.65. The van der Waals surface area contributed by atoms with Crippen LogP contribution in [0.15, 0.2) is 24.3 Å². The van der Waals surface area contributed by atoms with Gasteiger partial charge in [-0.1, -0.05) is 0 Å². The minimum Gasteiger partial charge on any atom is -0.492 e. The maximum Gasteiger partial charge on any atom is 0.119 e. The van der Waals surface area contributed by atoms with Gasteiger partial charge in [-0.15, -0.1) is 0 Å². The molecule has 0 aromatic heterocycles. The van der Waals surface area contributed by atoms with Crippen molar-refractivity contribution in [1.82, 2.24) is 4.90 Å². The maximum atomic E-state index is 5.64. The summed E-state index contributed by atoms with van der Waals surface area (Å²) < 4.78 is 5.64. The standard InChI is InChI=1S/C14H22N2O/c1-16(2)9-10-17-14-7-5-13(6-8-14)15-11-12-3-4-12/h5-8,12,15H,3-4,9-11H2,1-2H3. The van der Waals surface area contributed by atoms with E-state index in [0.717, 1.165) is 31.4 Å². The molecule has 1 aromatic rings. The zero-order valence-corrected chi connectivity index (χ0v) is 10.8. The van der Waals surface area contributed by atoms with Crippen LogP contribution in [0.2, 0.25) is 0 Å². The van der Waals surface area contributed by atoms with E-state index >= 15 is 0 Å². The van der Waals surface area contributed by atoms with Crippen LogP contribution in [0, 0.1) is 5.92 Å². The summed E-state index contributed by atoms with van der Waals surface area (Å²) in [6.07, 6.45) is 2.78. The maximum absolute atomic E-state index is 5.64. The van der Waals surface area contributed by atoms with Gasteiger partial charge in [0.2, 0.25) is 0 Å². The molecule has 0 radical (unpaired) electrons. The normalized spacial score (nSPS) is 15.0. The predicted octanol–water partition coefficient (Wildman–Crippen LogP) is 2.45. The number of likely N-dealkylation sites (N-methyl/N-ethyl adjacent to an activating group) is 1. The van der Waals surface area contributed by atoms with E-state index in [4.69, 9.17) is 4.74 Å². The highest BCUT2D eigenvalue weighted by atomic mass is 16.5. The fraction of sp³-hybridized carbons (Fsp3) is 0.571. The lowest BCUT2D eigenvalue weighted by Gasteiger charge is -2.11. The highest BCUT2D eigenvalue weighted by Gasteiger charge is 2.20. The lowest BCUT2D eigenvalue weighted by molar-refractivity contribution is 0.261. The summed E-state index contributed by atoms with van der Waals surface area (Å²) in [5.41, 5.74) is 1.19. The Kier molecular flexibility index (Phi) is 4.26. The summed E-state index contributed by atoms with van der Waals surface area (Å²) in [5, 5.41) is 3.44. The van der Waals surface area contributed by atoms with Crippen LogP contribution >= 0.6 is 0 Å². The largest absolute Gasteiger partial charge is 0.492 e. The van der Waals surface area contributed by atoms with E-state index in [0.29, 0.717) is 0 Å². The zero-order chi connectivity index (χ0) is 12.1. The minimum absolute atomic E-state index is 0.738. The van der Waals surface area contributed by atoms with Crippen molar-refractivity contribution in [3.05, 3.63) is 24.3 Å². The first-order valence-corrected chi connectivity index (χ1v) is 6.35. The van der Waals surface area contributed by atoms with Crippen LogP contribution in [0.25, 0.3) is 0 Å². The van der Waals surface area contributed by atoms with E-state index in [1.807, 2.05) is 26.2 Å². The van der Waals surface area contributed by atoms with Gasteiger partial charge < -0.3 is 15.0 Å². The molecule has 1 saturated carbocycles. The summed E-state index contributed by atoms with van der Waals surface area (Å²) in [7, 11) is 4.10. The van der Waals surface area contributed by atoms with Crippen molar-refractivity contribution < 1.29 is 4.74 Å². The summed E-state index contributed by atoms with van der Waals surface area (Å²) in [6.45, 7) is 2.80. The van der Waals surface area contributed by atoms with Gasteiger partial charge in [0.25, 0.3) is 0 Å². The lowest BCUT2D eigenvalue weighted by Crippen LogP contribution is -2.19. The molecule has 0 spiro atoms. The molecule has 1 fully saturated rings. The molecule has 3 nitrogen and oxygen atoms in total. The molecule has 0 aliphatic heterocycles. The van der Waals surface area contributed by atoms with Gasteiger partial charge in [0.15, 0.2) is 0 Å². The Morgan fingerprint density at radius 1 is 1.24 bits per heavy atom. The lowest BCUT2D eigenvalue weighted by atomic mass is 10.3. The van der Waals surface area contributed by atoms with E-state index in [1.54, 1.807) is 0 Å². The molecule has 17 heavy (non-hydrogen) atoms.